The minimum atomic E-state index is -0.867. The molecule has 0 aromatic heterocycles. The Balaban J connectivity index is 2.15. The van der Waals surface area contributed by atoms with Crippen LogP contribution >= 0.6 is 0 Å². The van der Waals surface area contributed by atoms with Crippen LogP contribution in [-0.2, 0) is 16.1 Å². The van der Waals surface area contributed by atoms with Gasteiger partial charge in [-0.2, -0.15) is 0 Å². The summed E-state index contributed by atoms with van der Waals surface area (Å²) in [5.41, 5.74) is 1.92. The molecule has 1 aromatic carbocycles. The van der Waals surface area contributed by atoms with Crippen molar-refractivity contribution in [3.8, 4) is 0 Å². The van der Waals surface area contributed by atoms with Gasteiger partial charge in [-0.15, -0.1) is 0 Å². The van der Waals surface area contributed by atoms with E-state index in [9.17, 15) is 14.0 Å². The number of hydrogen-bond donors (Lipinski definition) is 1. The van der Waals surface area contributed by atoms with Gasteiger partial charge in [-0.25, -0.2) is 4.39 Å². The minimum absolute atomic E-state index is 0.0397. The van der Waals surface area contributed by atoms with Gasteiger partial charge in [0.25, 0.3) is 0 Å². The second-order valence-corrected chi connectivity index (χ2v) is 5.39. The maximum Gasteiger partial charge on any atom is 0.308 e. The maximum atomic E-state index is 13.6. The molecular weight excluding hydrogens is 261 g/mol. The van der Waals surface area contributed by atoms with E-state index in [-0.39, 0.29) is 24.7 Å². The number of carbonyl (C=O) groups excluding carboxylic acids is 1. The Morgan fingerprint density at radius 3 is 2.55 bits per heavy atom. The van der Waals surface area contributed by atoms with E-state index in [1.807, 2.05) is 0 Å². The molecule has 1 fully saturated rings. The van der Waals surface area contributed by atoms with Gasteiger partial charge >= 0.3 is 5.97 Å². The van der Waals surface area contributed by atoms with Gasteiger partial charge in [0.15, 0.2) is 0 Å². The van der Waals surface area contributed by atoms with Crippen molar-refractivity contribution in [2.24, 2.45) is 5.92 Å². The first-order valence-electron chi connectivity index (χ1n) is 6.64. The Labute approximate surface area is 117 Å². The molecule has 0 bridgehead atoms. The van der Waals surface area contributed by atoms with Crippen molar-refractivity contribution < 1.29 is 19.1 Å². The summed E-state index contributed by atoms with van der Waals surface area (Å²) in [6.45, 7) is 3.93. The summed E-state index contributed by atoms with van der Waals surface area (Å²) in [5.74, 6) is -1.64. The number of aryl methyl sites for hydroxylation is 2. The van der Waals surface area contributed by atoms with Crippen molar-refractivity contribution >= 4 is 11.9 Å². The van der Waals surface area contributed by atoms with Crippen LogP contribution < -0.4 is 0 Å². The molecule has 5 heteroatoms. The standard InChI is InChI=1S/C15H18FNO3/c1-9-5-11(6-10(2)14(9)16)7-17-8-12(15(19)20)3-4-13(17)18/h5-6,12H,3-4,7-8H2,1-2H3,(H,19,20). The molecule has 4 nitrogen and oxygen atoms in total. The van der Waals surface area contributed by atoms with Crippen LogP contribution in [0.4, 0.5) is 4.39 Å². The Bertz CT molecular complexity index is 533. The monoisotopic (exact) mass is 279 g/mol. The van der Waals surface area contributed by atoms with Crippen molar-refractivity contribution in [1.29, 1.82) is 0 Å². The van der Waals surface area contributed by atoms with Crippen molar-refractivity contribution in [3.63, 3.8) is 0 Å². The molecule has 1 saturated heterocycles. The molecule has 2 rings (SSSR count). The number of hydrogen-bond acceptors (Lipinski definition) is 2. The number of carboxylic acid groups (broad SMARTS) is 1. The fraction of sp³-hybridized carbons (Fsp3) is 0.467. The zero-order chi connectivity index (χ0) is 14.9. The van der Waals surface area contributed by atoms with E-state index in [4.69, 9.17) is 5.11 Å². The molecule has 1 atom stereocenters. The van der Waals surface area contributed by atoms with Crippen LogP contribution in [0, 0.1) is 25.6 Å². The van der Waals surface area contributed by atoms with E-state index in [1.54, 1.807) is 30.9 Å². The van der Waals surface area contributed by atoms with Crippen molar-refractivity contribution in [3.05, 3.63) is 34.6 Å². The number of carboxylic acids is 1. The zero-order valence-electron chi connectivity index (χ0n) is 11.6. The molecule has 0 aliphatic carbocycles. The van der Waals surface area contributed by atoms with Crippen LogP contribution in [0.15, 0.2) is 12.1 Å². The first-order chi connectivity index (χ1) is 9.38. The highest BCUT2D eigenvalue weighted by atomic mass is 19.1. The number of benzene rings is 1. The van der Waals surface area contributed by atoms with Gasteiger partial charge < -0.3 is 10.0 Å². The van der Waals surface area contributed by atoms with Crippen molar-refractivity contribution in [2.45, 2.75) is 33.2 Å². The van der Waals surface area contributed by atoms with Gasteiger partial charge in [0.05, 0.1) is 5.92 Å². The highest BCUT2D eigenvalue weighted by Gasteiger charge is 2.30. The number of carbonyl (C=O) groups is 2. The van der Waals surface area contributed by atoms with Crippen LogP contribution in [0.1, 0.15) is 29.5 Å². The highest BCUT2D eigenvalue weighted by molar-refractivity contribution is 5.80. The molecule has 108 valence electrons. The Kier molecular flexibility index (Phi) is 4.06. The number of rotatable bonds is 3. The molecule has 1 aliphatic heterocycles. The summed E-state index contributed by atoms with van der Waals surface area (Å²) in [6, 6.07) is 3.42. The molecule has 0 saturated carbocycles. The molecular formula is C15H18FNO3. The van der Waals surface area contributed by atoms with E-state index >= 15 is 0 Å². The van der Waals surface area contributed by atoms with Gasteiger partial charge in [0.1, 0.15) is 5.82 Å². The van der Waals surface area contributed by atoms with E-state index < -0.39 is 11.9 Å². The topological polar surface area (TPSA) is 57.6 Å². The summed E-state index contributed by atoms with van der Waals surface area (Å²) >= 11 is 0. The largest absolute Gasteiger partial charge is 0.481 e. The number of halogens is 1. The predicted octanol–water partition coefficient (Wildman–Crippen LogP) is 2.27. The van der Waals surface area contributed by atoms with Crippen molar-refractivity contribution in [1.82, 2.24) is 4.90 Å². The number of aliphatic carboxylic acids is 1. The van der Waals surface area contributed by atoms with Crippen LogP contribution in [0.5, 0.6) is 0 Å². The molecule has 1 aromatic rings. The first kappa shape index (κ1) is 14.5. The Morgan fingerprint density at radius 2 is 2.00 bits per heavy atom. The van der Waals surface area contributed by atoms with Crippen LogP contribution in [0.25, 0.3) is 0 Å². The number of piperidine rings is 1. The van der Waals surface area contributed by atoms with Crippen LogP contribution in [0.3, 0.4) is 0 Å². The van der Waals surface area contributed by atoms with E-state index in [0.717, 1.165) is 5.56 Å². The lowest BCUT2D eigenvalue weighted by molar-refractivity contribution is -0.147. The SMILES string of the molecule is Cc1cc(CN2CC(C(=O)O)CCC2=O)cc(C)c1F. The Morgan fingerprint density at radius 1 is 1.40 bits per heavy atom. The average molecular weight is 279 g/mol. The molecule has 20 heavy (non-hydrogen) atoms. The van der Waals surface area contributed by atoms with E-state index in [1.165, 1.54) is 0 Å². The summed E-state index contributed by atoms with van der Waals surface area (Å²) in [5, 5.41) is 9.05. The highest BCUT2D eigenvalue weighted by Crippen LogP contribution is 2.22. The van der Waals surface area contributed by atoms with Gasteiger partial charge in [-0.3, -0.25) is 9.59 Å². The minimum Gasteiger partial charge on any atom is -0.481 e. The molecule has 0 spiro atoms. The third-order valence-corrected chi connectivity index (χ3v) is 3.72. The smallest absolute Gasteiger partial charge is 0.308 e. The zero-order valence-corrected chi connectivity index (χ0v) is 11.6. The summed E-state index contributed by atoms with van der Waals surface area (Å²) in [6.07, 6.45) is 0.655. The van der Waals surface area contributed by atoms with Gasteiger partial charge in [-0.1, -0.05) is 12.1 Å². The third-order valence-electron chi connectivity index (χ3n) is 3.72. The van der Waals surface area contributed by atoms with Crippen LogP contribution in [0.2, 0.25) is 0 Å². The second kappa shape index (κ2) is 5.61. The lowest BCUT2D eigenvalue weighted by Crippen LogP contribution is -2.42. The van der Waals surface area contributed by atoms with Gasteiger partial charge in [-0.05, 0) is 37.0 Å². The molecule has 0 radical (unpaired) electrons. The fourth-order valence-electron chi connectivity index (χ4n) is 2.62. The predicted molar refractivity (Wildman–Crippen MR) is 71.7 cm³/mol. The van der Waals surface area contributed by atoms with E-state index in [0.29, 0.717) is 24.1 Å². The lowest BCUT2D eigenvalue weighted by Gasteiger charge is -2.30. The quantitative estimate of drug-likeness (QED) is 0.923. The fourth-order valence-corrected chi connectivity index (χ4v) is 2.62. The molecule has 1 unspecified atom stereocenters. The maximum absolute atomic E-state index is 13.6. The second-order valence-electron chi connectivity index (χ2n) is 5.39. The number of likely N-dealkylation sites (tertiary alicyclic amines) is 1. The average Bonchev–Trinajstić information content (AvgIpc) is 2.38. The summed E-state index contributed by atoms with van der Waals surface area (Å²) < 4.78 is 13.6. The third kappa shape index (κ3) is 2.98. The molecule has 1 heterocycles. The van der Waals surface area contributed by atoms with Gasteiger partial charge in [0.2, 0.25) is 5.91 Å². The summed E-state index contributed by atoms with van der Waals surface area (Å²) in [7, 11) is 0. The Hall–Kier alpha value is -1.91. The molecule has 1 N–H and O–H groups in total. The summed E-state index contributed by atoms with van der Waals surface area (Å²) in [4.78, 5) is 24.4. The number of nitrogens with zero attached hydrogens (tertiary/aromatic N) is 1. The van der Waals surface area contributed by atoms with Gasteiger partial charge in [0, 0.05) is 19.5 Å². The van der Waals surface area contributed by atoms with Crippen LogP contribution in [-0.4, -0.2) is 28.4 Å². The van der Waals surface area contributed by atoms with E-state index in [2.05, 4.69) is 0 Å². The normalized spacial score (nSPS) is 19.2. The molecule has 1 amide bonds. The van der Waals surface area contributed by atoms with Crippen molar-refractivity contribution in [2.75, 3.05) is 6.54 Å². The first-order valence-corrected chi connectivity index (χ1v) is 6.64. The lowest BCUT2D eigenvalue weighted by atomic mass is 9.97. The molecule has 1 aliphatic rings. The number of amides is 1.